The lowest BCUT2D eigenvalue weighted by Crippen LogP contribution is -2.49. The van der Waals surface area contributed by atoms with E-state index in [-0.39, 0.29) is 34.7 Å². The summed E-state index contributed by atoms with van der Waals surface area (Å²) >= 11 is 0. The monoisotopic (exact) mass is 348 g/mol. The molecule has 0 aromatic heterocycles. The summed E-state index contributed by atoms with van der Waals surface area (Å²) in [5.74, 6) is -0.220. The Balaban J connectivity index is 0.00000441. The third-order valence-electron chi connectivity index (χ3n) is 3.38. The van der Waals surface area contributed by atoms with Gasteiger partial charge in [0.25, 0.3) is 0 Å². The van der Waals surface area contributed by atoms with Crippen LogP contribution in [0.4, 0.5) is 0 Å². The minimum Gasteiger partial charge on any atom is -0.348 e. The molecule has 0 heterocycles. The number of hydrogen-bond donors (Lipinski definition) is 2. The van der Waals surface area contributed by atoms with Gasteiger partial charge < -0.3 is 11.1 Å². The first-order valence-electron chi connectivity index (χ1n) is 6.79. The first kappa shape index (κ1) is 20.9. The number of nitrogens with one attached hydrogen (secondary N) is 1. The summed E-state index contributed by atoms with van der Waals surface area (Å²) in [6, 6.07) is 5.64. The molecule has 22 heavy (non-hydrogen) atoms. The average molecular weight is 349 g/mol. The molecular weight excluding hydrogens is 324 g/mol. The van der Waals surface area contributed by atoms with Crippen molar-refractivity contribution in [2.45, 2.75) is 44.7 Å². The van der Waals surface area contributed by atoms with E-state index in [0.717, 1.165) is 11.8 Å². The molecular formula is C15H25ClN2O3S. The maximum atomic E-state index is 12.1. The zero-order valence-corrected chi connectivity index (χ0v) is 15.2. The lowest BCUT2D eigenvalue weighted by molar-refractivity contribution is -0.125. The number of carbonyl (C=O) groups excluding carboxylic acids is 1. The van der Waals surface area contributed by atoms with Crippen molar-refractivity contribution in [3.8, 4) is 0 Å². The van der Waals surface area contributed by atoms with Crippen molar-refractivity contribution in [3.63, 3.8) is 0 Å². The Morgan fingerprint density at radius 2 is 1.64 bits per heavy atom. The quantitative estimate of drug-likeness (QED) is 0.871. The van der Waals surface area contributed by atoms with Crippen LogP contribution in [0.2, 0.25) is 0 Å². The molecule has 0 spiro atoms. The smallest absolute Gasteiger partial charge is 0.237 e. The highest BCUT2D eigenvalue weighted by Crippen LogP contribution is 2.20. The van der Waals surface area contributed by atoms with E-state index in [4.69, 9.17) is 5.73 Å². The van der Waals surface area contributed by atoms with Crippen molar-refractivity contribution in [3.05, 3.63) is 29.8 Å². The van der Waals surface area contributed by atoms with Crippen LogP contribution >= 0.6 is 12.4 Å². The predicted octanol–water partition coefficient (Wildman–Crippen LogP) is 2.06. The molecule has 0 radical (unpaired) electrons. The van der Waals surface area contributed by atoms with Crippen LogP contribution in [0.15, 0.2) is 29.2 Å². The number of nitrogens with two attached hydrogens (primary N) is 1. The Labute approximate surface area is 139 Å². The minimum absolute atomic E-state index is 0. The van der Waals surface area contributed by atoms with Crippen molar-refractivity contribution < 1.29 is 13.2 Å². The molecule has 0 aliphatic rings. The Morgan fingerprint density at radius 1 is 1.18 bits per heavy atom. The van der Waals surface area contributed by atoms with E-state index in [2.05, 4.69) is 5.32 Å². The summed E-state index contributed by atoms with van der Waals surface area (Å²) in [5, 5.41) is 2.85. The van der Waals surface area contributed by atoms with Gasteiger partial charge in [-0.15, -0.1) is 12.4 Å². The van der Waals surface area contributed by atoms with Crippen LogP contribution in [0.5, 0.6) is 0 Å². The van der Waals surface area contributed by atoms with Gasteiger partial charge in [-0.3, -0.25) is 4.79 Å². The van der Waals surface area contributed by atoms with E-state index >= 15 is 0 Å². The molecule has 0 bridgehead atoms. The zero-order valence-electron chi connectivity index (χ0n) is 13.6. The van der Waals surface area contributed by atoms with Crippen LogP contribution in [-0.4, -0.2) is 26.6 Å². The molecule has 0 aliphatic carbocycles. The van der Waals surface area contributed by atoms with Gasteiger partial charge in [-0.05, 0) is 30.0 Å². The van der Waals surface area contributed by atoms with Gasteiger partial charge in [0, 0.05) is 6.26 Å². The van der Waals surface area contributed by atoms with E-state index in [1.165, 1.54) is 12.1 Å². The fraction of sp³-hybridized carbons (Fsp3) is 0.533. The molecule has 1 aromatic rings. The molecule has 5 nitrogen and oxygen atoms in total. The topological polar surface area (TPSA) is 89.3 Å². The second-order valence-electron chi connectivity index (χ2n) is 6.42. The Hall–Kier alpha value is -1.11. The van der Waals surface area contributed by atoms with Crippen LogP contribution in [0.3, 0.4) is 0 Å². The van der Waals surface area contributed by atoms with Crippen LogP contribution < -0.4 is 11.1 Å². The van der Waals surface area contributed by atoms with Crippen molar-refractivity contribution in [1.82, 2.24) is 5.32 Å². The molecule has 1 amide bonds. The number of halogens is 1. The van der Waals surface area contributed by atoms with E-state index in [1.807, 2.05) is 27.7 Å². The molecule has 1 unspecified atom stereocenters. The molecule has 1 aromatic carbocycles. The van der Waals surface area contributed by atoms with Gasteiger partial charge >= 0.3 is 0 Å². The van der Waals surface area contributed by atoms with Crippen LogP contribution in [0, 0.1) is 5.41 Å². The summed E-state index contributed by atoms with van der Waals surface area (Å²) in [6.45, 7) is 7.55. The molecule has 126 valence electrons. The summed E-state index contributed by atoms with van der Waals surface area (Å²) in [5.41, 5.74) is 6.43. The lowest BCUT2D eigenvalue weighted by Gasteiger charge is -2.27. The summed E-state index contributed by atoms with van der Waals surface area (Å²) in [4.78, 5) is 12.3. The molecule has 0 aliphatic heterocycles. The molecule has 2 atom stereocenters. The van der Waals surface area contributed by atoms with Crippen molar-refractivity contribution in [2.75, 3.05) is 6.26 Å². The lowest BCUT2D eigenvalue weighted by atomic mass is 9.86. The van der Waals surface area contributed by atoms with Crippen molar-refractivity contribution in [1.29, 1.82) is 0 Å². The van der Waals surface area contributed by atoms with E-state index < -0.39 is 15.9 Å². The van der Waals surface area contributed by atoms with Gasteiger partial charge in [0.1, 0.15) is 0 Å². The average Bonchev–Trinajstić information content (AvgIpc) is 2.35. The normalized spacial score (nSPS) is 14.6. The maximum Gasteiger partial charge on any atom is 0.237 e. The number of hydrogen-bond acceptors (Lipinski definition) is 4. The van der Waals surface area contributed by atoms with Crippen LogP contribution in [-0.2, 0) is 14.6 Å². The highest BCUT2D eigenvalue weighted by Gasteiger charge is 2.28. The van der Waals surface area contributed by atoms with Gasteiger partial charge in [-0.1, -0.05) is 32.9 Å². The van der Waals surface area contributed by atoms with E-state index in [1.54, 1.807) is 12.1 Å². The molecule has 0 saturated carbocycles. The first-order valence-corrected chi connectivity index (χ1v) is 8.68. The van der Waals surface area contributed by atoms with E-state index in [9.17, 15) is 13.2 Å². The van der Waals surface area contributed by atoms with Gasteiger partial charge in [0.2, 0.25) is 5.91 Å². The molecule has 1 rings (SSSR count). The fourth-order valence-electron chi connectivity index (χ4n) is 1.78. The van der Waals surface area contributed by atoms with E-state index in [0.29, 0.717) is 0 Å². The van der Waals surface area contributed by atoms with Crippen LogP contribution in [0.1, 0.15) is 39.3 Å². The third kappa shape index (κ3) is 5.59. The SMILES string of the molecule is CC(NC(=O)[C@@H](N)C(C)(C)C)c1ccc(S(C)(=O)=O)cc1.Cl. The number of sulfone groups is 1. The maximum absolute atomic E-state index is 12.1. The largest absolute Gasteiger partial charge is 0.348 e. The van der Waals surface area contributed by atoms with Gasteiger partial charge in [0.15, 0.2) is 9.84 Å². The third-order valence-corrected chi connectivity index (χ3v) is 4.51. The highest BCUT2D eigenvalue weighted by molar-refractivity contribution is 7.90. The zero-order chi connectivity index (χ0) is 16.4. The fourth-order valence-corrected chi connectivity index (χ4v) is 2.41. The van der Waals surface area contributed by atoms with Gasteiger partial charge in [-0.2, -0.15) is 0 Å². The van der Waals surface area contributed by atoms with Gasteiger partial charge in [0.05, 0.1) is 17.0 Å². The van der Waals surface area contributed by atoms with Crippen molar-refractivity contribution in [2.24, 2.45) is 11.1 Å². The summed E-state index contributed by atoms with van der Waals surface area (Å²) in [7, 11) is -3.21. The van der Waals surface area contributed by atoms with Gasteiger partial charge in [-0.25, -0.2) is 8.42 Å². The molecule has 7 heteroatoms. The summed E-state index contributed by atoms with van der Waals surface area (Å²) in [6.07, 6.45) is 1.16. The Morgan fingerprint density at radius 3 is 2.00 bits per heavy atom. The number of carbonyl (C=O) groups is 1. The number of benzene rings is 1. The highest BCUT2D eigenvalue weighted by atomic mass is 35.5. The Bertz CT molecular complexity index is 607. The second-order valence-corrected chi connectivity index (χ2v) is 8.43. The first-order chi connectivity index (χ1) is 9.43. The molecule has 0 fully saturated rings. The number of rotatable bonds is 4. The van der Waals surface area contributed by atoms with Crippen molar-refractivity contribution >= 4 is 28.2 Å². The molecule has 3 N–H and O–H groups in total. The van der Waals surface area contributed by atoms with Crippen LogP contribution in [0.25, 0.3) is 0 Å². The summed E-state index contributed by atoms with van der Waals surface area (Å²) < 4.78 is 22.8. The number of amides is 1. The standard InChI is InChI=1S/C15H24N2O3S.ClH/c1-10(17-14(18)13(16)15(2,3)4)11-6-8-12(9-7-11)21(5,19)20;/h6-10,13H,16H2,1-5H3,(H,17,18);1H/t10?,13-;/m1./s1. The second kappa shape index (κ2) is 7.44. The molecule has 0 saturated heterocycles. The Kier molecular flexibility index (Phi) is 7.06. The minimum atomic E-state index is -3.21. The predicted molar refractivity (Wildman–Crippen MR) is 90.8 cm³/mol.